The predicted molar refractivity (Wildman–Crippen MR) is 273 cm³/mol. The summed E-state index contributed by atoms with van der Waals surface area (Å²) in [6.45, 7) is 0. The van der Waals surface area contributed by atoms with Gasteiger partial charge in [0, 0.05) is 33.0 Å². The molecule has 11 aromatic rings. The normalized spacial score (nSPS) is 13.4. The molecule has 2 aliphatic rings. The largest absolute Gasteiger partial charge is 0.268 e. The quantitative estimate of drug-likeness (QED) is 0.123. The topological polar surface area (TPSA) is 74.8 Å². The van der Waals surface area contributed by atoms with Crippen molar-refractivity contribution in [3.8, 4) is 44.5 Å². The van der Waals surface area contributed by atoms with Crippen LogP contribution in [0.15, 0.2) is 218 Å². The molecule has 2 heterocycles. The van der Waals surface area contributed by atoms with Gasteiger partial charge in [-0.15, -0.1) is 0 Å². The number of hydrogen-bond acceptors (Lipinski definition) is 4. The first-order valence-corrected chi connectivity index (χ1v) is 22.6. The number of imide groups is 2. The molecule has 4 amide bonds. The molecule has 6 heteroatoms. The van der Waals surface area contributed by atoms with Crippen LogP contribution in [0.5, 0.6) is 0 Å². The van der Waals surface area contributed by atoms with E-state index in [0.29, 0.717) is 44.4 Å². The van der Waals surface area contributed by atoms with Crippen molar-refractivity contribution in [1.29, 1.82) is 0 Å². The Kier molecular flexibility index (Phi) is 8.72. The summed E-state index contributed by atoms with van der Waals surface area (Å²) in [5.41, 5.74) is 10.9. The van der Waals surface area contributed by atoms with Gasteiger partial charge >= 0.3 is 0 Å². The average Bonchev–Trinajstić information content (AvgIpc) is 3.39. The molecule has 0 radical (unpaired) electrons. The third-order valence-corrected chi connectivity index (χ3v) is 13.7. The van der Waals surface area contributed by atoms with Gasteiger partial charge in [-0.3, -0.25) is 19.2 Å². The fraction of sp³-hybridized carbons (Fsp3) is 0. The molecule has 0 saturated carbocycles. The van der Waals surface area contributed by atoms with Crippen LogP contribution in [0, 0.1) is 0 Å². The van der Waals surface area contributed by atoms with Crippen molar-refractivity contribution in [3.63, 3.8) is 0 Å². The number of carbonyl (C=O) groups excluding carboxylic acids is 4. The molecule has 0 fully saturated rings. The van der Waals surface area contributed by atoms with Gasteiger partial charge in [0.1, 0.15) is 0 Å². The highest BCUT2D eigenvalue weighted by molar-refractivity contribution is 6.38. The van der Waals surface area contributed by atoms with E-state index in [4.69, 9.17) is 0 Å². The summed E-state index contributed by atoms with van der Waals surface area (Å²) >= 11 is 0. The Morgan fingerprint density at radius 1 is 0.221 bits per heavy atom. The summed E-state index contributed by atoms with van der Waals surface area (Å²) in [7, 11) is 0. The van der Waals surface area contributed by atoms with Crippen molar-refractivity contribution < 1.29 is 19.2 Å². The number of hydrogen-bond donors (Lipinski definition) is 0. The molecule has 6 nitrogen and oxygen atoms in total. The summed E-state index contributed by atoms with van der Waals surface area (Å²) in [6.07, 6.45) is 0. The second kappa shape index (κ2) is 15.2. The van der Waals surface area contributed by atoms with E-state index in [2.05, 4.69) is 24.3 Å². The lowest BCUT2D eigenvalue weighted by Gasteiger charge is -2.28. The molecule has 0 atom stereocenters. The van der Waals surface area contributed by atoms with E-state index >= 15 is 0 Å². The van der Waals surface area contributed by atoms with Crippen molar-refractivity contribution in [1.82, 2.24) is 0 Å². The van der Waals surface area contributed by atoms with Gasteiger partial charge in [0.25, 0.3) is 23.6 Å². The van der Waals surface area contributed by atoms with Crippen molar-refractivity contribution >= 4 is 78.1 Å². The molecule has 0 spiro atoms. The number of nitrogens with zero attached hydrogens (tertiary/aromatic N) is 2. The molecular weight excluding hydrogens is 837 g/mol. The Morgan fingerprint density at radius 2 is 0.515 bits per heavy atom. The van der Waals surface area contributed by atoms with Gasteiger partial charge in [-0.2, -0.15) is 0 Å². The summed E-state index contributed by atoms with van der Waals surface area (Å²) in [5, 5.41) is 7.21. The van der Waals surface area contributed by atoms with Crippen molar-refractivity contribution in [3.05, 3.63) is 241 Å². The highest BCUT2D eigenvalue weighted by Gasteiger charge is 2.36. The second-order valence-electron chi connectivity index (χ2n) is 17.3. The lowest BCUT2D eigenvalue weighted by molar-refractivity contribution is 0.0877. The maximum atomic E-state index is 14.3. The summed E-state index contributed by atoms with van der Waals surface area (Å²) in [4.78, 5) is 59.8. The van der Waals surface area contributed by atoms with E-state index in [1.54, 1.807) is 12.1 Å². The smallest absolute Gasteiger partial charge is 0.265 e. The standard InChI is InChI=1S/C62H36N2O4/c65-59-51-23-11-21-45-43(37-13-3-1-4-14-37)33-35-53(57(45)51)61(67)63(59)41-29-25-39(26-30-41)55-47-17-7-9-19-49(47)56(50-20-10-8-18-48(50)55)40-27-31-42(32-28-40)64-60(66)52-24-12-22-46-44(38-15-5-2-6-16-38)34-36-54(58(46)52)62(64)68/h1-36H. The summed E-state index contributed by atoms with van der Waals surface area (Å²) in [6, 6.07) is 70.9. The van der Waals surface area contributed by atoms with Crippen LogP contribution in [0.25, 0.3) is 87.6 Å². The van der Waals surface area contributed by atoms with Crippen LogP contribution in [-0.4, -0.2) is 23.6 Å². The molecule has 0 aliphatic carbocycles. The van der Waals surface area contributed by atoms with Crippen LogP contribution in [-0.2, 0) is 0 Å². The Balaban J connectivity index is 0.857. The first-order valence-electron chi connectivity index (χ1n) is 22.6. The van der Waals surface area contributed by atoms with E-state index in [0.717, 1.165) is 76.8 Å². The van der Waals surface area contributed by atoms with Gasteiger partial charge < -0.3 is 0 Å². The van der Waals surface area contributed by atoms with Gasteiger partial charge in [0.05, 0.1) is 11.4 Å². The molecule has 11 aromatic carbocycles. The minimum absolute atomic E-state index is 0.356. The number of fused-ring (bicyclic) bond motifs is 2. The lowest BCUT2D eigenvalue weighted by Crippen LogP contribution is -2.40. The fourth-order valence-corrected chi connectivity index (χ4v) is 10.7. The van der Waals surface area contributed by atoms with E-state index in [1.165, 1.54) is 9.80 Å². The van der Waals surface area contributed by atoms with Crippen molar-refractivity contribution in [2.45, 2.75) is 0 Å². The number of benzene rings is 11. The van der Waals surface area contributed by atoms with Crippen LogP contribution < -0.4 is 9.80 Å². The van der Waals surface area contributed by atoms with E-state index < -0.39 is 0 Å². The Hall–Kier alpha value is -9.26. The highest BCUT2D eigenvalue weighted by Crippen LogP contribution is 2.46. The minimum Gasteiger partial charge on any atom is -0.268 e. The molecule has 0 bridgehead atoms. The second-order valence-corrected chi connectivity index (χ2v) is 17.3. The molecule has 318 valence electrons. The maximum absolute atomic E-state index is 14.3. The molecule has 68 heavy (non-hydrogen) atoms. The maximum Gasteiger partial charge on any atom is 0.265 e. The molecule has 0 saturated heterocycles. The van der Waals surface area contributed by atoms with Gasteiger partial charge in [0.2, 0.25) is 0 Å². The molecule has 0 unspecified atom stereocenters. The molecule has 13 rings (SSSR count). The van der Waals surface area contributed by atoms with E-state index in [-0.39, 0.29) is 23.6 Å². The monoisotopic (exact) mass is 872 g/mol. The first kappa shape index (κ1) is 39.1. The SMILES string of the molecule is O=C1c2cccc3c(-c4ccccc4)ccc(c23)C(=O)N1c1ccc(-c2c3ccccc3c(-c3ccc(N4C(=O)c5cccc6c(-c7ccccc7)ccc(c56)C4=O)cc3)c3ccccc23)cc1. The highest BCUT2D eigenvalue weighted by atomic mass is 16.2. The molecule has 0 aromatic heterocycles. The van der Waals surface area contributed by atoms with Gasteiger partial charge in [-0.25, -0.2) is 9.80 Å². The zero-order valence-electron chi connectivity index (χ0n) is 36.3. The van der Waals surface area contributed by atoms with E-state index in [9.17, 15) is 19.2 Å². The minimum atomic E-state index is -0.356. The third-order valence-electron chi connectivity index (χ3n) is 13.7. The fourth-order valence-electron chi connectivity index (χ4n) is 10.7. The third kappa shape index (κ3) is 5.77. The number of carbonyl (C=O) groups is 4. The van der Waals surface area contributed by atoms with Crippen LogP contribution in [0.1, 0.15) is 41.4 Å². The van der Waals surface area contributed by atoms with Crippen molar-refractivity contribution in [2.75, 3.05) is 9.80 Å². The van der Waals surface area contributed by atoms with E-state index in [1.807, 2.05) is 182 Å². The number of amides is 4. The average molecular weight is 873 g/mol. The van der Waals surface area contributed by atoms with Crippen LogP contribution in [0.3, 0.4) is 0 Å². The lowest BCUT2D eigenvalue weighted by atomic mass is 9.85. The van der Waals surface area contributed by atoms with Gasteiger partial charge in [0.15, 0.2) is 0 Å². The van der Waals surface area contributed by atoms with Crippen LogP contribution in [0.2, 0.25) is 0 Å². The van der Waals surface area contributed by atoms with Gasteiger partial charge in [-0.1, -0.05) is 170 Å². The Morgan fingerprint density at radius 3 is 0.868 bits per heavy atom. The first-order chi connectivity index (χ1) is 33.4. The van der Waals surface area contributed by atoms with Crippen molar-refractivity contribution in [2.24, 2.45) is 0 Å². The molecular formula is C62H36N2O4. The summed E-state index contributed by atoms with van der Waals surface area (Å²) < 4.78 is 0. The number of anilines is 2. The number of rotatable bonds is 6. The van der Waals surface area contributed by atoms with Gasteiger partial charge in [-0.05, 0) is 125 Å². The summed E-state index contributed by atoms with van der Waals surface area (Å²) in [5.74, 6) is -1.42. The zero-order chi connectivity index (χ0) is 45.6. The van der Waals surface area contributed by atoms with Crippen LogP contribution >= 0.6 is 0 Å². The molecule has 2 aliphatic heterocycles. The predicted octanol–water partition coefficient (Wildman–Crippen LogP) is 14.6. The Labute approximate surface area is 390 Å². The Bertz CT molecular complexity index is 3610. The molecule has 0 N–H and O–H groups in total. The zero-order valence-corrected chi connectivity index (χ0v) is 36.3. The van der Waals surface area contributed by atoms with Crippen LogP contribution in [0.4, 0.5) is 11.4 Å².